The number of nitrogens with zero attached hydrogens (tertiary/aromatic N) is 4. The van der Waals surface area contributed by atoms with E-state index >= 15 is 0 Å². The first-order valence-electron chi connectivity index (χ1n) is 21.2. The largest absolute Gasteiger partial charge is 0.309 e. The SMILES string of the molecule is c1ccc(-c2nc3ccc4ccc5cc(-c6ccc7c(c6)c6c8c9ccccc9n(-c9ccccc9)c8ccc6n7-c6ccccc6)ccc5c4c3nc2-c2ccccc2)cc1. The molecule has 0 atom stereocenters. The van der Waals surface area contributed by atoms with E-state index in [1.165, 1.54) is 54.7 Å². The van der Waals surface area contributed by atoms with Gasteiger partial charge in [0.25, 0.3) is 0 Å². The fourth-order valence-electron chi connectivity index (χ4n) is 9.90. The third-order valence-corrected chi connectivity index (χ3v) is 12.7. The number of benzene rings is 10. The highest BCUT2D eigenvalue weighted by Gasteiger charge is 2.22. The molecule has 13 aromatic rings. The third-order valence-electron chi connectivity index (χ3n) is 12.7. The summed E-state index contributed by atoms with van der Waals surface area (Å²) in [5.74, 6) is 0. The van der Waals surface area contributed by atoms with Crippen molar-refractivity contribution in [3.63, 3.8) is 0 Å². The van der Waals surface area contributed by atoms with Crippen molar-refractivity contribution in [3.8, 4) is 45.0 Å². The average molecular weight is 789 g/mol. The summed E-state index contributed by atoms with van der Waals surface area (Å²) in [7, 11) is 0. The third kappa shape index (κ3) is 5.20. The fraction of sp³-hybridized carbons (Fsp3) is 0. The molecule has 0 radical (unpaired) electrons. The van der Waals surface area contributed by atoms with Gasteiger partial charge in [-0.2, -0.15) is 0 Å². The number of hydrogen-bond acceptors (Lipinski definition) is 2. The zero-order valence-electron chi connectivity index (χ0n) is 33.6. The molecule has 10 aromatic carbocycles. The molecule has 0 fully saturated rings. The summed E-state index contributed by atoms with van der Waals surface area (Å²) in [6.07, 6.45) is 0. The number of para-hydroxylation sites is 3. The van der Waals surface area contributed by atoms with Gasteiger partial charge in [0, 0.05) is 49.4 Å². The Balaban J connectivity index is 1.04. The lowest BCUT2D eigenvalue weighted by Crippen LogP contribution is -1.96. The van der Waals surface area contributed by atoms with E-state index in [1.54, 1.807) is 0 Å². The summed E-state index contributed by atoms with van der Waals surface area (Å²) < 4.78 is 4.83. The van der Waals surface area contributed by atoms with Crippen molar-refractivity contribution in [1.82, 2.24) is 19.1 Å². The van der Waals surface area contributed by atoms with Gasteiger partial charge in [0.05, 0.1) is 44.5 Å². The van der Waals surface area contributed by atoms with Gasteiger partial charge in [0.2, 0.25) is 0 Å². The molecular formula is C58H36N4. The standard InChI is InChI=1S/C58H36N4/c1-5-15-38(16-6-1)56-57(39-17-7-2-8-18-39)60-58-48(59-56)31-28-37-25-26-42-35-40(27-30-45(42)53(37)58)41-29-32-50-47(36-41)55-52(62(50)44-21-11-4-12-22-44)34-33-51-54(55)46-23-13-14-24-49(46)61(51)43-19-9-3-10-20-43/h1-36H. The van der Waals surface area contributed by atoms with Crippen LogP contribution in [0.3, 0.4) is 0 Å². The maximum absolute atomic E-state index is 5.47. The summed E-state index contributed by atoms with van der Waals surface area (Å²) in [6.45, 7) is 0. The monoisotopic (exact) mass is 788 g/mol. The van der Waals surface area contributed by atoms with E-state index < -0.39 is 0 Å². The zero-order chi connectivity index (χ0) is 40.7. The minimum atomic E-state index is 0.882. The summed E-state index contributed by atoms with van der Waals surface area (Å²) in [4.78, 5) is 10.8. The predicted molar refractivity (Wildman–Crippen MR) is 260 cm³/mol. The minimum absolute atomic E-state index is 0.882. The number of aromatic nitrogens is 4. The fourth-order valence-corrected chi connectivity index (χ4v) is 9.90. The molecular weight excluding hydrogens is 753 g/mol. The van der Waals surface area contributed by atoms with Gasteiger partial charge in [-0.05, 0) is 94.0 Å². The molecule has 0 unspecified atom stereocenters. The average Bonchev–Trinajstić information content (AvgIpc) is 3.86. The lowest BCUT2D eigenvalue weighted by atomic mass is 9.95. The van der Waals surface area contributed by atoms with Crippen LogP contribution in [0.2, 0.25) is 0 Å². The molecule has 3 heterocycles. The number of fused-ring (bicyclic) bond motifs is 12. The van der Waals surface area contributed by atoms with Crippen LogP contribution >= 0.6 is 0 Å². The Morgan fingerprint density at radius 1 is 0.290 bits per heavy atom. The Morgan fingerprint density at radius 2 is 0.790 bits per heavy atom. The van der Waals surface area contributed by atoms with Crippen molar-refractivity contribution in [3.05, 3.63) is 218 Å². The van der Waals surface area contributed by atoms with Crippen molar-refractivity contribution in [2.45, 2.75) is 0 Å². The molecule has 4 heteroatoms. The molecule has 0 amide bonds. The minimum Gasteiger partial charge on any atom is -0.309 e. The molecule has 13 rings (SSSR count). The predicted octanol–water partition coefficient (Wildman–Crippen LogP) is 15.1. The zero-order valence-corrected chi connectivity index (χ0v) is 33.6. The molecule has 62 heavy (non-hydrogen) atoms. The number of hydrogen-bond donors (Lipinski definition) is 0. The molecule has 0 saturated carbocycles. The summed E-state index contributed by atoms with van der Waals surface area (Å²) in [5.41, 5.74) is 15.1. The molecule has 3 aromatic heterocycles. The van der Waals surface area contributed by atoms with Crippen LogP contribution in [-0.2, 0) is 0 Å². The Labute approximate surface area is 357 Å². The molecule has 0 aliphatic rings. The van der Waals surface area contributed by atoms with Crippen molar-refractivity contribution in [1.29, 1.82) is 0 Å². The van der Waals surface area contributed by atoms with Crippen LogP contribution in [0.25, 0.3) is 121 Å². The quantitative estimate of drug-likeness (QED) is 0.163. The van der Waals surface area contributed by atoms with E-state index in [-0.39, 0.29) is 0 Å². The van der Waals surface area contributed by atoms with Gasteiger partial charge < -0.3 is 9.13 Å². The van der Waals surface area contributed by atoms with Gasteiger partial charge in [-0.1, -0.05) is 152 Å². The van der Waals surface area contributed by atoms with Crippen LogP contribution in [-0.4, -0.2) is 19.1 Å². The van der Waals surface area contributed by atoms with Gasteiger partial charge in [0.1, 0.15) is 0 Å². The van der Waals surface area contributed by atoms with E-state index in [0.29, 0.717) is 0 Å². The van der Waals surface area contributed by atoms with Gasteiger partial charge in [-0.15, -0.1) is 0 Å². The van der Waals surface area contributed by atoms with Crippen molar-refractivity contribution < 1.29 is 0 Å². The van der Waals surface area contributed by atoms with E-state index in [0.717, 1.165) is 66.5 Å². The Hall–Kier alpha value is -8.34. The van der Waals surface area contributed by atoms with Crippen LogP contribution in [0.15, 0.2) is 218 Å². The van der Waals surface area contributed by atoms with Crippen LogP contribution in [0.1, 0.15) is 0 Å². The van der Waals surface area contributed by atoms with Crippen molar-refractivity contribution in [2.24, 2.45) is 0 Å². The van der Waals surface area contributed by atoms with Crippen LogP contribution in [0.5, 0.6) is 0 Å². The summed E-state index contributed by atoms with van der Waals surface area (Å²) in [5, 5.41) is 9.59. The van der Waals surface area contributed by atoms with E-state index in [9.17, 15) is 0 Å². The lowest BCUT2D eigenvalue weighted by Gasteiger charge is -2.14. The van der Waals surface area contributed by atoms with Crippen molar-refractivity contribution in [2.75, 3.05) is 0 Å². The summed E-state index contributed by atoms with van der Waals surface area (Å²) in [6, 6.07) is 78.4. The molecule has 0 aliphatic carbocycles. The molecule has 0 spiro atoms. The second kappa shape index (κ2) is 13.6. The first-order valence-corrected chi connectivity index (χ1v) is 21.2. The smallest absolute Gasteiger partial charge is 0.0979 e. The van der Waals surface area contributed by atoms with Crippen molar-refractivity contribution >= 4 is 76.2 Å². The van der Waals surface area contributed by atoms with E-state index in [1.807, 2.05) is 12.1 Å². The number of rotatable bonds is 5. The lowest BCUT2D eigenvalue weighted by molar-refractivity contribution is 1.17. The maximum atomic E-state index is 5.47. The van der Waals surface area contributed by atoms with E-state index in [2.05, 4.69) is 215 Å². The first-order chi connectivity index (χ1) is 30.8. The molecule has 0 N–H and O–H groups in total. The maximum Gasteiger partial charge on any atom is 0.0979 e. The van der Waals surface area contributed by atoms with Gasteiger partial charge >= 0.3 is 0 Å². The molecule has 4 nitrogen and oxygen atoms in total. The van der Waals surface area contributed by atoms with Gasteiger partial charge in [-0.25, -0.2) is 9.97 Å². The van der Waals surface area contributed by atoms with Crippen LogP contribution in [0, 0.1) is 0 Å². The highest BCUT2D eigenvalue weighted by molar-refractivity contribution is 6.29. The molecule has 288 valence electrons. The second-order valence-corrected chi connectivity index (χ2v) is 16.1. The highest BCUT2D eigenvalue weighted by atomic mass is 15.0. The van der Waals surface area contributed by atoms with E-state index in [4.69, 9.17) is 9.97 Å². The van der Waals surface area contributed by atoms with Crippen LogP contribution < -0.4 is 0 Å². The Kier molecular flexibility index (Phi) is 7.57. The topological polar surface area (TPSA) is 35.6 Å². The highest BCUT2D eigenvalue weighted by Crippen LogP contribution is 2.44. The first kappa shape index (κ1) is 34.5. The molecule has 0 bridgehead atoms. The van der Waals surface area contributed by atoms with Gasteiger partial charge in [0.15, 0.2) is 0 Å². The molecule has 0 aliphatic heterocycles. The molecule has 0 saturated heterocycles. The summed E-state index contributed by atoms with van der Waals surface area (Å²) >= 11 is 0. The normalized spacial score (nSPS) is 11.9. The second-order valence-electron chi connectivity index (χ2n) is 16.1. The Bertz CT molecular complexity index is 3890. The Morgan fingerprint density at radius 3 is 1.47 bits per heavy atom. The van der Waals surface area contributed by atoms with Gasteiger partial charge in [-0.3, -0.25) is 0 Å². The van der Waals surface area contributed by atoms with Crippen LogP contribution in [0.4, 0.5) is 0 Å².